The average molecular weight is 333 g/mol. The molecule has 1 atom stereocenters. The summed E-state index contributed by atoms with van der Waals surface area (Å²) in [6.07, 6.45) is 1.67. The minimum atomic E-state index is 0.148. The van der Waals surface area contributed by atoms with Gasteiger partial charge in [0.25, 0.3) is 0 Å². The molecular weight excluding hydrogens is 310 g/mol. The van der Waals surface area contributed by atoms with Gasteiger partial charge in [-0.15, -0.1) is 5.10 Å². The summed E-state index contributed by atoms with van der Waals surface area (Å²) in [5.74, 6) is 1.37. The molecule has 2 aromatic carbocycles. The van der Waals surface area contributed by atoms with E-state index in [1.165, 1.54) is 11.1 Å². The first-order valence-electron chi connectivity index (χ1n) is 8.56. The van der Waals surface area contributed by atoms with E-state index in [9.17, 15) is 0 Å². The molecule has 1 heterocycles. The highest BCUT2D eigenvalue weighted by Gasteiger charge is 2.12. The Kier molecular flexibility index (Phi) is 5.57. The zero-order chi connectivity index (χ0) is 17.5. The first kappa shape index (κ1) is 16.9. The summed E-state index contributed by atoms with van der Waals surface area (Å²) in [5.41, 5.74) is 2.43. The molecule has 0 aliphatic heterocycles. The Morgan fingerprint density at radius 1 is 1.00 bits per heavy atom. The molecule has 3 rings (SSSR count). The van der Waals surface area contributed by atoms with Crippen molar-refractivity contribution in [3.8, 4) is 0 Å². The lowest BCUT2D eigenvalue weighted by Crippen LogP contribution is -2.25. The van der Waals surface area contributed by atoms with Gasteiger partial charge in [0.05, 0.1) is 6.20 Å². The number of nitrogens with one attached hydrogen (secondary N) is 1. The fraction of sp³-hybridized carbons (Fsp3) is 0.250. The third kappa shape index (κ3) is 4.53. The first-order valence-corrected chi connectivity index (χ1v) is 8.56. The van der Waals surface area contributed by atoms with Crippen LogP contribution >= 0.6 is 0 Å². The summed E-state index contributed by atoms with van der Waals surface area (Å²) >= 11 is 0. The van der Waals surface area contributed by atoms with Gasteiger partial charge in [-0.25, -0.2) is 0 Å². The van der Waals surface area contributed by atoms with Gasteiger partial charge in [-0.1, -0.05) is 60.7 Å². The van der Waals surface area contributed by atoms with Crippen LogP contribution < -0.4 is 10.2 Å². The van der Waals surface area contributed by atoms with Crippen molar-refractivity contribution in [3.05, 3.63) is 78.0 Å². The van der Waals surface area contributed by atoms with E-state index in [4.69, 9.17) is 0 Å². The molecule has 0 aliphatic carbocycles. The Labute approximate surface area is 148 Å². The van der Waals surface area contributed by atoms with Crippen LogP contribution in [0.1, 0.15) is 31.0 Å². The molecule has 0 radical (unpaired) electrons. The molecule has 1 unspecified atom stereocenters. The molecular formula is C20H23N5. The number of benzene rings is 2. The second kappa shape index (κ2) is 8.24. The van der Waals surface area contributed by atoms with Gasteiger partial charge in [0.2, 0.25) is 5.95 Å². The van der Waals surface area contributed by atoms with Crippen LogP contribution in [0.2, 0.25) is 0 Å². The van der Waals surface area contributed by atoms with Gasteiger partial charge >= 0.3 is 0 Å². The van der Waals surface area contributed by atoms with Crippen molar-refractivity contribution in [3.63, 3.8) is 0 Å². The summed E-state index contributed by atoms with van der Waals surface area (Å²) in [6, 6.07) is 20.8. The van der Waals surface area contributed by atoms with Gasteiger partial charge in [-0.05, 0) is 25.0 Å². The van der Waals surface area contributed by atoms with E-state index < -0.39 is 0 Å². The third-order valence-electron chi connectivity index (χ3n) is 4.09. The minimum Gasteiger partial charge on any atom is -0.362 e. The van der Waals surface area contributed by atoms with Crippen molar-refractivity contribution >= 4 is 11.8 Å². The molecule has 5 nitrogen and oxygen atoms in total. The summed E-state index contributed by atoms with van der Waals surface area (Å²) in [4.78, 5) is 6.76. The maximum absolute atomic E-state index is 4.65. The van der Waals surface area contributed by atoms with Gasteiger partial charge < -0.3 is 10.2 Å². The van der Waals surface area contributed by atoms with Gasteiger partial charge in [0.1, 0.15) is 0 Å². The van der Waals surface area contributed by atoms with Crippen molar-refractivity contribution in [2.75, 3.05) is 16.8 Å². The van der Waals surface area contributed by atoms with Crippen LogP contribution in [0, 0.1) is 0 Å². The maximum Gasteiger partial charge on any atom is 0.247 e. The van der Waals surface area contributed by atoms with Gasteiger partial charge in [0.15, 0.2) is 5.82 Å². The predicted molar refractivity (Wildman–Crippen MR) is 101 cm³/mol. The molecule has 1 N–H and O–H groups in total. The highest BCUT2D eigenvalue weighted by molar-refractivity contribution is 5.41. The van der Waals surface area contributed by atoms with E-state index in [1.54, 1.807) is 6.20 Å². The summed E-state index contributed by atoms with van der Waals surface area (Å²) in [6.45, 7) is 5.78. The number of rotatable bonds is 7. The molecule has 0 saturated carbocycles. The molecule has 1 aromatic heterocycles. The largest absolute Gasteiger partial charge is 0.362 e. The highest BCUT2D eigenvalue weighted by Crippen LogP contribution is 2.19. The summed E-state index contributed by atoms with van der Waals surface area (Å²) in [5, 5.41) is 11.7. The van der Waals surface area contributed by atoms with Gasteiger partial charge in [-0.2, -0.15) is 10.1 Å². The molecule has 0 aliphatic rings. The molecule has 0 saturated heterocycles. The van der Waals surface area contributed by atoms with E-state index in [2.05, 4.69) is 63.5 Å². The van der Waals surface area contributed by atoms with Crippen LogP contribution in [-0.2, 0) is 6.54 Å². The standard InChI is InChI=1S/C20H23N5/c1-3-25(15-17-10-6-4-7-11-17)20-23-19(14-21-24-20)22-16(2)18-12-8-5-9-13-18/h4-14,16H,3,15H2,1-2H3,(H,22,23,24). The van der Waals surface area contributed by atoms with E-state index in [0.29, 0.717) is 5.95 Å². The van der Waals surface area contributed by atoms with Crippen molar-refractivity contribution in [2.24, 2.45) is 0 Å². The Hall–Kier alpha value is -2.95. The molecule has 3 aromatic rings. The topological polar surface area (TPSA) is 53.9 Å². The van der Waals surface area contributed by atoms with Crippen LogP contribution in [0.4, 0.5) is 11.8 Å². The predicted octanol–water partition coefficient (Wildman–Crippen LogP) is 4.07. The Morgan fingerprint density at radius 2 is 1.68 bits per heavy atom. The number of hydrogen-bond acceptors (Lipinski definition) is 5. The minimum absolute atomic E-state index is 0.148. The van der Waals surface area contributed by atoms with Gasteiger partial charge in [0, 0.05) is 19.1 Å². The monoisotopic (exact) mass is 333 g/mol. The summed E-state index contributed by atoms with van der Waals surface area (Å²) < 4.78 is 0. The lowest BCUT2D eigenvalue weighted by Gasteiger charge is -2.21. The normalized spacial score (nSPS) is 11.8. The number of aromatic nitrogens is 3. The number of nitrogens with zero attached hydrogens (tertiary/aromatic N) is 4. The highest BCUT2D eigenvalue weighted by atomic mass is 15.3. The van der Waals surface area contributed by atoms with Gasteiger partial charge in [-0.3, -0.25) is 0 Å². The zero-order valence-corrected chi connectivity index (χ0v) is 14.6. The molecule has 0 spiro atoms. The Bertz CT molecular complexity index is 776. The molecule has 128 valence electrons. The molecule has 0 amide bonds. The maximum atomic E-state index is 4.65. The lowest BCUT2D eigenvalue weighted by atomic mass is 10.1. The van der Waals surface area contributed by atoms with E-state index >= 15 is 0 Å². The Balaban J connectivity index is 1.73. The first-order chi connectivity index (χ1) is 12.3. The summed E-state index contributed by atoms with van der Waals surface area (Å²) in [7, 11) is 0. The molecule has 25 heavy (non-hydrogen) atoms. The van der Waals surface area contributed by atoms with Crippen LogP contribution in [-0.4, -0.2) is 21.7 Å². The van der Waals surface area contributed by atoms with Crippen LogP contribution in [0.5, 0.6) is 0 Å². The Morgan fingerprint density at radius 3 is 2.36 bits per heavy atom. The van der Waals surface area contributed by atoms with Crippen LogP contribution in [0.25, 0.3) is 0 Å². The SMILES string of the molecule is CCN(Cc1ccccc1)c1nncc(NC(C)c2ccccc2)n1. The number of hydrogen-bond donors (Lipinski definition) is 1. The van der Waals surface area contributed by atoms with E-state index in [1.807, 2.05) is 36.4 Å². The fourth-order valence-electron chi connectivity index (χ4n) is 2.67. The quantitative estimate of drug-likeness (QED) is 0.706. The molecule has 0 fully saturated rings. The second-order valence-electron chi connectivity index (χ2n) is 5.92. The van der Waals surface area contributed by atoms with Crippen molar-refractivity contribution < 1.29 is 0 Å². The smallest absolute Gasteiger partial charge is 0.247 e. The van der Waals surface area contributed by atoms with Crippen molar-refractivity contribution in [1.82, 2.24) is 15.2 Å². The zero-order valence-electron chi connectivity index (χ0n) is 14.6. The van der Waals surface area contributed by atoms with Crippen LogP contribution in [0.15, 0.2) is 66.9 Å². The number of anilines is 2. The third-order valence-corrected chi connectivity index (χ3v) is 4.09. The second-order valence-corrected chi connectivity index (χ2v) is 5.92. The fourth-order valence-corrected chi connectivity index (χ4v) is 2.67. The van der Waals surface area contributed by atoms with E-state index in [-0.39, 0.29) is 6.04 Å². The van der Waals surface area contributed by atoms with Crippen LogP contribution in [0.3, 0.4) is 0 Å². The molecule has 5 heteroatoms. The van der Waals surface area contributed by atoms with Crippen molar-refractivity contribution in [2.45, 2.75) is 26.4 Å². The van der Waals surface area contributed by atoms with E-state index in [0.717, 1.165) is 18.9 Å². The van der Waals surface area contributed by atoms with Crippen molar-refractivity contribution in [1.29, 1.82) is 0 Å². The average Bonchev–Trinajstić information content (AvgIpc) is 2.68. The lowest BCUT2D eigenvalue weighted by molar-refractivity contribution is 0.765. The molecule has 0 bridgehead atoms.